The summed E-state index contributed by atoms with van der Waals surface area (Å²) in [5, 5.41) is 14.5. The van der Waals surface area contributed by atoms with Gasteiger partial charge in [0, 0.05) is 0 Å². The van der Waals surface area contributed by atoms with Crippen molar-refractivity contribution >= 4 is 18.0 Å². The number of nitrogens with zero attached hydrogens (tertiary/aromatic N) is 2. The molecule has 0 saturated carbocycles. The number of hydrogen-bond acceptors (Lipinski definition) is 2. The van der Waals surface area contributed by atoms with Crippen LogP contribution >= 0.6 is 0 Å². The Bertz CT molecular complexity index is 62.6. The molecule has 0 amide bonds. The van der Waals surface area contributed by atoms with Gasteiger partial charge in [0.1, 0.15) is 0 Å². The van der Waals surface area contributed by atoms with Gasteiger partial charge in [-0.1, -0.05) is 0 Å². The molecule has 0 radical (unpaired) electrons. The summed E-state index contributed by atoms with van der Waals surface area (Å²) in [6.45, 7) is 0. The quantitative estimate of drug-likeness (QED) is 0.388. The van der Waals surface area contributed by atoms with Gasteiger partial charge < -0.3 is 0 Å². The van der Waals surface area contributed by atoms with E-state index in [0.717, 1.165) is 0 Å². The molecule has 0 saturated heterocycles. The molecule has 0 aliphatic heterocycles. The standard InChI is InChI=1S/C2N2.AsH3/c3-1-2-4;/h;1H3. The first-order valence-corrected chi connectivity index (χ1v) is 0.697. The van der Waals surface area contributed by atoms with Crippen molar-refractivity contribution in [3.63, 3.8) is 0 Å². The summed E-state index contributed by atoms with van der Waals surface area (Å²) in [5.41, 5.74) is 0. The van der Waals surface area contributed by atoms with E-state index in [1.165, 1.54) is 12.1 Å². The van der Waals surface area contributed by atoms with E-state index in [1.807, 2.05) is 0 Å². The predicted octanol–water partition coefficient (Wildman–Crippen LogP) is -1.15. The van der Waals surface area contributed by atoms with Crippen molar-refractivity contribution in [2.45, 2.75) is 0 Å². The SMILES string of the molecule is N#CC#N.[AsH3]. The first kappa shape index (κ1) is 8.82. The van der Waals surface area contributed by atoms with Crippen molar-refractivity contribution in [3.8, 4) is 12.1 Å². The summed E-state index contributed by atoms with van der Waals surface area (Å²) in [5.74, 6) is 0. The Balaban J connectivity index is 0. The fraction of sp³-hybridized carbons (Fsp3) is 0. The molecule has 0 aromatic carbocycles. The molecule has 0 N–H and O–H groups in total. The summed E-state index contributed by atoms with van der Waals surface area (Å²) in [6, 6.07) is 2.47. The van der Waals surface area contributed by atoms with E-state index in [2.05, 4.69) is 0 Å². The van der Waals surface area contributed by atoms with Gasteiger partial charge in [-0.15, -0.1) is 0 Å². The van der Waals surface area contributed by atoms with Crippen LogP contribution < -0.4 is 0 Å². The zero-order chi connectivity index (χ0) is 3.41. The third kappa shape index (κ3) is 28.9. The van der Waals surface area contributed by atoms with E-state index in [0.29, 0.717) is 0 Å². The Morgan fingerprint density at radius 2 is 1.20 bits per heavy atom. The fourth-order valence-corrected chi connectivity index (χ4v) is 0. The van der Waals surface area contributed by atoms with E-state index in [9.17, 15) is 0 Å². The van der Waals surface area contributed by atoms with Crippen molar-refractivity contribution in [1.29, 1.82) is 10.5 Å². The predicted molar refractivity (Wildman–Crippen MR) is 21.2 cm³/mol. The van der Waals surface area contributed by atoms with Crippen LogP contribution in [0.2, 0.25) is 0 Å². The van der Waals surface area contributed by atoms with Crippen LogP contribution in [0.1, 0.15) is 0 Å². The van der Waals surface area contributed by atoms with Gasteiger partial charge in [0.05, 0.1) is 0 Å². The van der Waals surface area contributed by atoms with Crippen LogP contribution in [0.3, 0.4) is 0 Å². The van der Waals surface area contributed by atoms with Crippen LogP contribution in [-0.2, 0) is 0 Å². The van der Waals surface area contributed by atoms with Crippen LogP contribution in [0.5, 0.6) is 0 Å². The molecule has 3 heteroatoms. The Hall–Kier alpha value is -0.462. The van der Waals surface area contributed by atoms with Crippen molar-refractivity contribution in [2.75, 3.05) is 0 Å². The van der Waals surface area contributed by atoms with Crippen molar-refractivity contribution in [1.82, 2.24) is 0 Å². The summed E-state index contributed by atoms with van der Waals surface area (Å²) in [7, 11) is 0. The third-order valence-corrected chi connectivity index (χ3v) is 0.0500. The van der Waals surface area contributed by atoms with E-state index in [4.69, 9.17) is 10.5 Å². The summed E-state index contributed by atoms with van der Waals surface area (Å²) in [4.78, 5) is 0. The molecule has 0 aliphatic carbocycles. The number of nitriles is 2. The minimum atomic E-state index is 0. The fourth-order valence-electron chi connectivity index (χ4n) is 0. The second kappa shape index (κ2) is 9.63. The number of rotatable bonds is 0. The Morgan fingerprint density at radius 1 is 1.00 bits per heavy atom. The van der Waals surface area contributed by atoms with Crippen molar-refractivity contribution in [3.05, 3.63) is 0 Å². The van der Waals surface area contributed by atoms with E-state index in [-0.39, 0.29) is 18.0 Å². The van der Waals surface area contributed by atoms with Gasteiger partial charge in [-0.2, -0.15) is 10.5 Å². The topological polar surface area (TPSA) is 47.6 Å². The van der Waals surface area contributed by atoms with Gasteiger partial charge in [-0.05, 0) is 0 Å². The molecule has 26 valence electrons. The van der Waals surface area contributed by atoms with Crippen LogP contribution in [0.15, 0.2) is 0 Å². The zero-order valence-corrected chi connectivity index (χ0v) is 5.57. The van der Waals surface area contributed by atoms with Crippen molar-refractivity contribution in [2.24, 2.45) is 0 Å². The van der Waals surface area contributed by atoms with Crippen molar-refractivity contribution < 1.29 is 0 Å². The molecule has 0 aliphatic rings. The maximum atomic E-state index is 7.26. The summed E-state index contributed by atoms with van der Waals surface area (Å²) < 4.78 is 0. The molecule has 1 atom stereocenters. The molecule has 0 heterocycles. The maximum absolute atomic E-state index is 7.26. The molecule has 0 fully saturated rings. The van der Waals surface area contributed by atoms with E-state index >= 15 is 0 Å². The molecule has 1 unspecified atom stereocenters. The van der Waals surface area contributed by atoms with Gasteiger partial charge in [-0.3, -0.25) is 0 Å². The third-order valence-electron chi connectivity index (χ3n) is 0.0500. The van der Waals surface area contributed by atoms with E-state index in [1.54, 1.807) is 0 Å². The second-order valence-electron chi connectivity index (χ2n) is 0.224. The van der Waals surface area contributed by atoms with Gasteiger partial charge >= 0.3 is 18.0 Å². The average molecular weight is 130 g/mol. The van der Waals surface area contributed by atoms with Crippen LogP contribution in [0.25, 0.3) is 0 Å². The Kier molecular flexibility index (Phi) is 17.0. The first-order chi connectivity index (χ1) is 1.91. The molecule has 0 aromatic heterocycles. The summed E-state index contributed by atoms with van der Waals surface area (Å²) >= 11 is 0. The molecule has 0 spiro atoms. The minimum absolute atomic E-state index is 0. The van der Waals surface area contributed by atoms with Crippen LogP contribution in [0.4, 0.5) is 0 Å². The molecule has 0 rings (SSSR count). The van der Waals surface area contributed by atoms with Gasteiger partial charge in [0.15, 0.2) is 12.1 Å². The monoisotopic (exact) mass is 130 g/mol. The van der Waals surface area contributed by atoms with Gasteiger partial charge in [0.2, 0.25) is 0 Å². The zero-order valence-electron chi connectivity index (χ0n) is 2.60. The molecule has 2 nitrogen and oxygen atoms in total. The number of hydrogen-bond donors (Lipinski definition) is 0. The Labute approximate surface area is 41.3 Å². The molecule has 5 heavy (non-hydrogen) atoms. The summed E-state index contributed by atoms with van der Waals surface area (Å²) in [6.07, 6.45) is 0. The molecular formula is C2H3AsN2. The van der Waals surface area contributed by atoms with Crippen LogP contribution in [0, 0.1) is 22.7 Å². The Morgan fingerprint density at radius 3 is 1.20 bits per heavy atom. The van der Waals surface area contributed by atoms with E-state index < -0.39 is 0 Å². The molecular weight excluding hydrogens is 127 g/mol. The molecule has 0 bridgehead atoms. The van der Waals surface area contributed by atoms with Gasteiger partial charge in [-0.25, -0.2) is 0 Å². The first-order valence-electron chi connectivity index (χ1n) is 0.697. The normalized spacial score (nSPS) is 2.00. The van der Waals surface area contributed by atoms with Crippen LogP contribution in [-0.4, -0.2) is 18.0 Å². The second-order valence-corrected chi connectivity index (χ2v) is 0.224. The average Bonchev–Trinajstić information content (AvgIpc) is 1.37. The van der Waals surface area contributed by atoms with Gasteiger partial charge in [0.25, 0.3) is 0 Å². The molecule has 0 aromatic rings.